The van der Waals surface area contributed by atoms with Gasteiger partial charge in [-0.15, -0.1) is 0 Å². The van der Waals surface area contributed by atoms with Crippen LogP contribution in [-0.4, -0.2) is 48.5 Å². The average molecular weight is 273 g/mol. The van der Waals surface area contributed by atoms with Crippen LogP contribution in [-0.2, 0) is 16.1 Å². The zero-order chi connectivity index (χ0) is 13.5. The molecule has 0 fully saturated rings. The first-order valence-electron chi connectivity index (χ1n) is 5.49. The van der Waals surface area contributed by atoms with Gasteiger partial charge in [0.25, 0.3) is 0 Å². The van der Waals surface area contributed by atoms with Gasteiger partial charge in [-0.2, -0.15) is 0 Å². The summed E-state index contributed by atoms with van der Waals surface area (Å²) in [6, 6.07) is 1.61. The van der Waals surface area contributed by atoms with Crippen LogP contribution in [0.2, 0.25) is 5.15 Å². The zero-order valence-corrected chi connectivity index (χ0v) is 11.5. The highest BCUT2D eigenvalue weighted by molar-refractivity contribution is 6.29. The van der Waals surface area contributed by atoms with Gasteiger partial charge < -0.3 is 15.0 Å². The summed E-state index contributed by atoms with van der Waals surface area (Å²) in [4.78, 5) is 21.1. The monoisotopic (exact) mass is 272 g/mol. The lowest BCUT2D eigenvalue weighted by molar-refractivity contribution is -0.128. The van der Waals surface area contributed by atoms with Crippen molar-refractivity contribution in [1.82, 2.24) is 14.9 Å². The molecule has 1 N–H and O–H groups in total. The fourth-order valence-electron chi connectivity index (χ4n) is 1.27. The minimum atomic E-state index is 0.0553. The highest BCUT2D eigenvalue weighted by Crippen LogP contribution is 2.12. The van der Waals surface area contributed by atoms with Gasteiger partial charge in [-0.1, -0.05) is 11.6 Å². The van der Waals surface area contributed by atoms with Gasteiger partial charge in [-0.3, -0.25) is 4.79 Å². The Labute approximate surface area is 111 Å². The van der Waals surface area contributed by atoms with Crippen LogP contribution in [0.5, 0.6) is 0 Å². The highest BCUT2D eigenvalue weighted by Gasteiger charge is 2.05. The van der Waals surface area contributed by atoms with E-state index in [9.17, 15) is 4.79 Å². The molecule has 0 unspecified atom stereocenters. The topological polar surface area (TPSA) is 67.3 Å². The third-order valence-corrected chi connectivity index (χ3v) is 2.35. The third-order valence-electron chi connectivity index (χ3n) is 2.16. The number of rotatable bonds is 6. The van der Waals surface area contributed by atoms with Crippen LogP contribution in [0.4, 0.5) is 5.82 Å². The minimum Gasteiger partial charge on any atom is -0.377 e. The maximum absolute atomic E-state index is 11.4. The van der Waals surface area contributed by atoms with Crippen molar-refractivity contribution in [1.29, 1.82) is 0 Å². The SMILES string of the molecule is COCc1nc(Cl)cc(NCCC(=O)N(C)C)n1. The van der Waals surface area contributed by atoms with E-state index < -0.39 is 0 Å². The average Bonchev–Trinajstić information content (AvgIpc) is 2.28. The van der Waals surface area contributed by atoms with E-state index in [1.165, 1.54) is 0 Å². The molecular weight excluding hydrogens is 256 g/mol. The summed E-state index contributed by atoms with van der Waals surface area (Å²) in [5.74, 6) is 1.15. The van der Waals surface area contributed by atoms with E-state index in [0.717, 1.165) is 0 Å². The number of hydrogen-bond acceptors (Lipinski definition) is 5. The molecule has 0 radical (unpaired) electrons. The molecule has 1 aromatic heterocycles. The first-order chi connectivity index (χ1) is 8.52. The number of aromatic nitrogens is 2. The van der Waals surface area contributed by atoms with E-state index >= 15 is 0 Å². The number of nitrogens with one attached hydrogen (secondary N) is 1. The van der Waals surface area contributed by atoms with Gasteiger partial charge in [0, 0.05) is 40.2 Å². The Bertz CT molecular complexity index is 412. The van der Waals surface area contributed by atoms with Crippen molar-refractivity contribution < 1.29 is 9.53 Å². The largest absolute Gasteiger partial charge is 0.377 e. The number of anilines is 1. The van der Waals surface area contributed by atoms with E-state index in [0.29, 0.717) is 36.4 Å². The van der Waals surface area contributed by atoms with Gasteiger partial charge in [0.1, 0.15) is 17.6 Å². The first-order valence-corrected chi connectivity index (χ1v) is 5.87. The lowest BCUT2D eigenvalue weighted by atomic mass is 10.4. The lowest BCUT2D eigenvalue weighted by Crippen LogP contribution is -2.24. The van der Waals surface area contributed by atoms with Gasteiger partial charge in [0.15, 0.2) is 5.82 Å². The summed E-state index contributed by atoms with van der Waals surface area (Å²) in [6.45, 7) is 0.794. The third kappa shape index (κ3) is 4.85. The smallest absolute Gasteiger partial charge is 0.223 e. The Balaban J connectivity index is 2.54. The number of halogens is 1. The molecule has 0 spiro atoms. The summed E-state index contributed by atoms with van der Waals surface area (Å²) >= 11 is 5.86. The molecule has 1 amide bonds. The molecule has 0 saturated carbocycles. The van der Waals surface area contributed by atoms with E-state index in [1.54, 1.807) is 32.2 Å². The van der Waals surface area contributed by atoms with Gasteiger partial charge in [-0.05, 0) is 0 Å². The van der Waals surface area contributed by atoms with Crippen LogP contribution in [0.1, 0.15) is 12.2 Å². The van der Waals surface area contributed by atoms with Gasteiger partial charge >= 0.3 is 0 Å². The fourth-order valence-corrected chi connectivity index (χ4v) is 1.47. The Kier molecular flexibility index (Phi) is 5.80. The maximum atomic E-state index is 11.4. The molecular formula is C11H17ClN4O2. The van der Waals surface area contributed by atoms with Crippen LogP contribution < -0.4 is 5.32 Å². The van der Waals surface area contributed by atoms with Crippen LogP contribution >= 0.6 is 11.6 Å². The Morgan fingerprint density at radius 1 is 1.50 bits per heavy atom. The number of hydrogen-bond donors (Lipinski definition) is 1. The van der Waals surface area contributed by atoms with Gasteiger partial charge in [0.2, 0.25) is 5.91 Å². The summed E-state index contributed by atoms with van der Waals surface area (Å²) in [5.41, 5.74) is 0. The molecule has 0 aliphatic carbocycles. The van der Waals surface area contributed by atoms with Crippen molar-refractivity contribution in [2.45, 2.75) is 13.0 Å². The Hall–Kier alpha value is -1.40. The number of nitrogens with zero attached hydrogens (tertiary/aromatic N) is 3. The quantitative estimate of drug-likeness (QED) is 0.788. The standard InChI is InChI=1S/C11H17ClN4O2/c1-16(2)11(17)4-5-13-9-6-8(12)14-10(15-9)7-18-3/h6H,4-5,7H2,1-3H3,(H,13,14,15). The van der Waals surface area contributed by atoms with Gasteiger partial charge in [-0.25, -0.2) is 9.97 Å². The number of amides is 1. The second-order valence-electron chi connectivity index (χ2n) is 3.89. The summed E-state index contributed by atoms with van der Waals surface area (Å²) in [6.07, 6.45) is 0.397. The van der Waals surface area contributed by atoms with Crippen molar-refractivity contribution >= 4 is 23.3 Å². The second kappa shape index (κ2) is 7.13. The molecule has 0 bridgehead atoms. The molecule has 100 valence electrons. The number of carbonyl (C=O) groups excluding carboxylic acids is 1. The summed E-state index contributed by atoms with van der Waals surface area (Å²) in [5, 5.41) is 3.38. The predicted molar refractivity (Wildman–Crippen MR) is 69.6 cm³/mol. The van der Waals surface area contributed by atoms with Crippen LogP contribution in [0.3, 0.4) is 0 Å². The number of methoxy groups -OCH3 is 1. The van der Waals surface area contributed by atoms with E-state index in [2.05, 4.69) is 15.3 Å². The minimum absolute atomic E-state index is 0.0553. The fraction of sp³-hybridized carbons (Fsp3) is 0.545. The zero-order valence-electron chi connectivity index (χ0n) is 10.7. The van der Waals surface area contributed by atoms with Crippen molar-refractivity contribution in [2.75, 3.05) is 33.1 Å². The van der Waals surface area contributed by atoms with Gasteiger partial charge in [0.05, 0.1) is 0 Å². The molecule has 1 heterocycles. The molecule has 7 heteroatoms. The molecule has 18 heavy (non-hydrogen) atoms. The molecule has 0 aliphatic heterocycles. The molecule has 6 nitrogen and oxygen atoms in total. The number of carbonyl (C=O) groups is 1. The van der Waals surface area contributed by atoms with Crippen LogP contribution in [0, 0.1) is 0 Å². The number of ether oxygens (including phenoxy) is 1. The normalized spacial score (nSPS) is 10.2. The molecule has 0 aromatic carbocycles. The van der Waals surface area contributed by atoms with E-state index in [-0.39, 0.29) is 5.91 Å². The van der Waals surface area contributed by atoms with Crippen molar-refractivity contribution in [3.63, 3.8) is 0 Å². The summed E-state index contributed by atoms with van der Waals surface area (Å²) < 4.78 is 4.94. The van der Waals surface area contributed by atoms with Crippen LogP contribution in [0.25, 0.3) is 0 Å². The lowest BCUT2D eigenvalue weighted by Gasteiger charge is -2.11. The first kappa shape index (κ1) is 14.7. The molecule has 1 rings (SSSR count). The Morgan fingerprint density at radius 2 is 2.22 bits per heavy atom. The maximum Gasteiger partial charge on any atom is 0.223 e. The second-order valence-corrected chi connectivity index (χ2v) is 4.28. The molecule has 0 atom stereocenters. The predicted octanol–water partition coefficient (Wildman–Crippen LogP) is 1.17. The van der Waals surface area contributed by atoms with Crippen molar-refractivity contribution in [2.24, 2.45) is 0 Å². The Morgan fingerprint density at radius 3 is 2.83 bits per heavy atom. The van der Waals surface area contributed by atoms with Crippen molar-refractivity contribution in [3.8, 4) is 0 Å². The molecule has 1 aromatic rings. The molecule has 0 saturated heterocycles. The molecule has 0 aliphatic rings. The van der Waals surface area contributed by atoms with E-state index in [1.807, 2.05) is 0 Å². The van der Waals surface area contributed by atoms with E-state index in [4.69, 9.17) is 16.3 Å². The highest BCUT2D eigenvalue weighted by atomic mass is 35.5. The summed E-state index contributed by atoms with van der Waals surface area (Å²) in [7, 11) is 5.01. The van der Waals surface area contributed by atoms with Crippen LogP contribution in [0.15, 0.2) is 6.07 Å². The van der Waals surface area contributed by atoms with Crippen molar-refractivity contribution in [3.05, 3.63) is 17.0 Å².